The first-order valence-corrected chi connectivity index (χ1v) is 8.01. The normalized spacial score (nSPS) is 18.0. The van der Waals surface area contributed by atoms with Crippen LogP contribution in [-0.2, 0) is 16.1 Å². The number of benzene rings is 1. The van der Waals surface area contributed by atoms with Gasteiger partial charge in [0.25, 0.3) is 11.8 Å². The van der Waals surface area contributed by atoms with Gasteiger partial charge >= 0.3 is 0 Å². The zero-order valence-electron chi connectivity index (χ0n) is 12.9. The maximum Gasteiger partial charge on any atom is 0.256 e. The van der Waals surface area contributed by atoms with Crippen LogP contribution < -0.4 is 0 Å². The number of ether oxygens (including phenoxy) is 2. The molecule has 128 valence electrons. The summed E-state index contributed by atoms with van der Waals surface area (Å²) < 4.78 is 15.5. The summed E-state index contributed by atoms with van der Waals surface area (Å²) in [5.74, 6) is 0.452. The lowest BCUT2D eigenvalue weighted by atomic mass is 10.1. The average Bonchev–Trinajstić information content (AvgIpc) is 3.05. The van der Waals surface area contributed by atoms with Gasteiger partial charge in [0.1, 0.15) is 12.6 Å². The summed E-state index contributed by atoms with van der Waals surface area (Å²) in [5, 5.41) is 4.70. The fraction of sp³-hybridized carbons (Fsp3) is 0.400. The number of nitrogens with zero attached hydrogens (tertiary/aromatic N) is 3. The monoisotopic (exact) mass is 371 g/mol. The highest BCUT2D eigenvalue weighted by Crippen LogP contribution is 2.28. The van der Waals surface area contributed by atoms with Crippen molar-refractivity contribution in [3.05, 3.63) is 45.5 Å². The number of rotatable bonds is 4. The van der Waals surface area contributed by atoms with E-state index < -0.39 is 6.04 Å². The fourth-order valence-electron chi connectivity index (χ4n) is 2.46. The minimum Gasteiger partial charge on any atom is -0.377 e. The highest BCUT2D eigenvalue weighted by atomic mass is 35.5. The Labute approximate surface area is 148 Å². The lowest BCUT2D eigenvalue weighted by Crippen LogP contribution is -2.44. The lowest BCUT2D eigenvalue weighted by Gasteiger charge is -2.33. The van der Waals surface area contributed by atoms with Gasteiger partial charge in [0.2, 0.25) is 0 Å². The Hall–Kier alpha value is -1.67. The smallest absolute Gasteiger partial charge is 0.256 e. The molecule has 3 rings (SSSR count). The number of halogens is 2. The van der Waals surface area contributed by atoms with E-state index in [0.717, 1.165) is 0 Å². The SMILES string of the molecule is COCc1nc([C@@H]2COCCN2C(=O)c2cc(Cl)ccc2Cl)no1. The van der Waals surface area contributed by atoms with Crippen molar-refractivity contribution in [1.29, 1.82) is 0 Å². The first kappa shape index (κ1) is 17.2. The maximum absolute atomic E-state index is 12.9. The highest BCUT2D eigenvalue weighted by Gasteiger charge is 2.33. The average molecular weight is 372 g/mol. The molecule has 1 aromatic heterocycles. The van der Waals surface area contributed by atoms with Gasteiger partial charge in [-0.25, -0.2) is 0 Å². The summed E-state index contributed by atoms with van der Waals surface area (Å²) in [5.41, 5.74) is 0.330. The molecule has 0 spiro atoms. The quantitative estimate of drug-likeness (QED) is 0.821. The molecule has 0 unspecified atom stereocenters. The molecule has 2 heterocycles. The molecule has 9 heteroatoms. The number of morpholine rings is 1. The molecule has 0 bridgehead atoms. The van der Waals surface area contributed by atoms with Crippen molar-refractivity contribution >= 4 is 29.1 Å². The molecule has 1 aromatic carbocycles. The van der Waals surface area contributed by atoms with Crippen molar-refractivity contribution in [2.75, 3.05) is 26.9 Å². The van der Waals surface area contributed by atoms with Gasteiger partial charge < -0.3 is 18.9 Å². The molecule has 1 atom stereocenters. The summed E-state index contributed by atoms with van der Waals surface area (Å²) in [6.07, 6.45) is 0. The molecule has 1 saturated heterocycles. The summed E-state index contributed by atoms with van der Waals surface area (Å²) in [6, 6.07) is 4.31. The van der Waals surface area contributed by atoms with Crippen molar-refractivity contribution in [3.8, 4) is 0 Å². The molecule has 0 radical (unpaired) electrons. The van der Waals surface area contributed by atoms with Crippen LogP contribution in [0.15, 0.2) is 22.7 Å². The van der Waals surface area contributed by atoms with Gasteiger partial charge in [-0.2, -0.15) is 4.98 Å². The van der Waals surface area contributed by atoms with Gasteiger partial charge in [0.05, 0.1) is 23.8 Å². The van der Waals surface area contributed by atoms with Crippen LogP contribution in [0, 0.1) is 0 Å². The topological polar surface area (TPSA) is 77.7 Å². The van der Waals surface area contributed by atoms with E-state index >= 15 is 0 Å². The highest BCUT2D eigenvalue weighted by molar-refractivity contribution is 6.35. The van der Waals surface area contributed by atoms with Gasteiger partial charge in [0.15, 0.2) is 5.82 Å². The molecule has 24 heavy (non-hydrogen) atoms. The third-order valence-electron chi connectivity index (χ3n) is 3.60. The number of aromatic nitrogens is 2. The van der Waals surface area contributed by atoms with E-state index in [1.165, 1.54) is 7.11 Å². The van der Waals surface area contributed by atoms with Gasteiger partial charge in [-0.1, -0.05) is 28.4 Å². The Balaban J connectivity index is 1.88. The van der Waals surface area contributed by atoms with E-state index in [9.17, 15) is 4.79 Å². The summed E-state index contributed by atoms with van der Waals surface area (Å²) >= 11 is 12.1. The van der Waals surface area contributed by atoms with E-state index in [4.69, 9.17) is 37.2 Å². The lowest BCUT2D eigenvalue weighted by molar-refractivity contribution is -0.00576. The molecule has 0 N–H and O–H groups in total. The summed E-state index contributed by atoms with van der Waals surface area (Å²) in [7, 11) is 1.53. The minimum absolute atomic E-state index is 0.203. The molecule has 2 aromatic rings. The maximum atomic E-state index is 12.9. The number of carbonyl (C=O) groups is 1. The molecule has 0 aliphatic carbocycles. The van der Waals surface area contributed by atoms with Crippen LogP contribution >= 0.6 is 23.2 Å². The van der Waals surface area contributed by atoms with Crippen molar-refractivity contribution in [1.82, 2.24) is 15.0 Å². The summed E-state index contributed by atoms with van der Waals surface area (Å²) in [4.78, 5) is 18.8. The van der Waals surface area contributed by atoms with Gasteiger partial charge in [-0.15, -0.1) is 0 Å². The minimum atomic E-state index is -0.462. The molecular formula is C15H15Cl2N3O4. The fourth-order valence-corrected chi connectivity index (χ4v) is 2.83. The van der Waals surface area contributed by atoms with Crippen LogP contribution in [0.2, 0.25) is 10.0 Å². The number of carbonyl (C=O) groups excluding carboxylic acids is 1. The van der Waals surface area contributed by atoms with Gasteiger partial charge in [0, 0.05) is 18.7 Å². The Morgan fingerprint density at radius 2 is 2.29 bits per heavy atom. The first-order chi connectivity index (χ1) is 11.6. The van der Waals surface area contributed by atoms with E-state index in [-0.39, 0.29) is 19.1 Å². The molecular weight excluding hydrogens is 357 g/mol. The number of methoxy groups -OCH3 is 1. The third kappa shape index (κ3) is 3.54. The second-order valence-electron chi connectivity index (χ2n) is 5.19. The molecule has 1 fully saturated rings. The number of hydrogen-bond acceptors (Lipinski definition) is 6. The molecule has 0 saturated carbocycles. The van der Waals surface area contributed by atoms with Crippen LogP contribution in [0.1, 0.15) is 28.1 Å². The van der Waals surface area contributed by atoms with Crippen molar-refractivity contribution in [3.63, 3.8) is 0 Å². The molecule has 7 nitrogen and oxygen atoms in total. The third-order valence-corrected chi connectivity index (χ3v) is 4.16. The molecule has 1 amide bonds. The first-order valence-electron chi connectivity index (χ1n) is 7.25. The van der Waals surface area contributed by atoms with Crippen molar-refractivity contribution in [2.24, 2.45) is 0 Å². The van der Waals surface area contributed by atoms with Crippen LogP contribution in [-0.4, -0.2) is 47.8 Å². The Morgan fingerprint density at radius 3 is 3.08 bits per heavy atom. The second kappa shape index (κ2) is 7.48. The Bertz CT molecular complexity index is 737. The Morgan fingerprint density at radius 1 is 1.46 bits per heavy atom. The standard InChI is InChI=1S/C15H15Cl2N3O4/c1-22-8-13-18-14(19-24-13)12-7-23-5-4-20(12)15(21)10-6-9(16)2-3-11(10)17/h2-3,6,12H,4-5,7-8H2,1H3/t12-/m0/s1. The van der Waals surface area contributed by atoms with E-state index in [0.29, 0.717) is 40.5 Å². The number of amides is 1. The van der Waals surface area contributed by atoms with Crippen molar-refractivity contribution < 1.29 is 18.8 Å². The Kier molecular flexibility index (Phi) is 5.35. The number of hydrogen-bond donors (Lipinski definition) is 0. The van der Waals surface area contributed by atoms with Crippen LogP contribution in [0.25, 0.3) is 0 Å². The van der Waals surface area contributed by atoms with Crippen molar-refractivity contribution in [2.45, 2.75) is 12.6 Å². The van der Waals surface area contributed by atoms with Gasteiger partial charge in [-0.05, 0) is 18.2 Å². The predicted octanol–water partition coefficient (Wildman–Crippen LogP) is 2.74. The van der Waals surface area contributed by atoms with Crippen LogP contribution in [0.4, 0.5) is 0 Å². The van der Waals surface area contributed by atoms with E-state index in [1.54, 1.807) is 23.1 Å². The predicted molar refractivity (Wildman–Crippen MR) is 86.1 cm³/mol. The van der Waals surface area contributed by atoms with Crippen LogP contribution in [0.5, 0.6) is 0 Å². The van der Waals surface area contributed by atoms with Gasteiger partial charge in [-0.3, -0.25) is 4.79 Å². The molecule has 1 aliphatic rings. The second-order valence-corrected chi connectivity index (χ2v) is 6.04. The zero-order valence-corrected chi connectivity index (χ0v) is 14.4. The van der Waals surface area contributed by atoms with Crippen LogP contribution in [0.3, 0.4) is 0 Å². The zero-order chi connectivity index (χ0) is 17.1. The molecule has 1 aliphatic heterocycles. The van der Waals surface area contributed by atoms with E-state index in [1.807, 2.05) is 0 Å². The largest absolute Gasteiger partial charge is 0.377 e. The van der Waals surface area contributed by atoms with E-state index in [2.05, 4.69) is 10.1 Å². The summed E-state index contributed by atoms with van der Waals surface area (Å²) in [6.45, 7) is 1.29.